The van der Waals surface area contributed by atoms with E-state index < -0.39 is 0 Å². The SMILES string of the molecule is CC1(C)c2ccccc2-c2ccc(N(c3ccc(-c4ccccc4)cc3)c3cccc(-c4ccc5c(c4)C(C)(C)c4cc6c(cc4-5)C(C)(C)c4cccc(-c5ccccc5)c4-6)c3)cc21. The third kappa shape index (κ3) is 5.63. The first kappa shape index (κ1) is 38.5. The maximum atomic E-state index is 2.54. The molecule has 0 saturated heterocycles. The summed E-state index contributed by atoms with van der Waals surface area (Å²) in [5.41, 5.74) is 27.0. The zero-order valence-electron chi connectivity index (χ0n) is 37.5. The number of fused-ring (bicyclic) bond motifs is 9. The molecule has 0 saturated carbocycles. The summed E-state index contributed by atoms with van der Waals surface area (Å²) in [5, 5.41) is 0. The van der Waals surface area contributed by atoms with Gasteiger partial charge in [0, 0.05) is 33.3 Å². The van der Waals surface area contributed by atoms with E-state index in [-0.39, 0.29) is 16.2 Å². The fraction of sp³-hybridized carbons (Fsp3) is 0.143. The van der Waals surface area contributed by atoms with Crippen LogP contribution >= 0.6 is 0 Å². The van der Waals surface area contributed by atoms with Crippen molar-refractivity contribution in [2.75, 3.05) is 4.90 Å². The van der Waals surface area contributed by atoms with E-state index >= 15 is 0 Å². The van der Waals surface area contributed by atoms with Gasteiger partial charge in [0.05, 0.1) is 0 Å². The largest absolute Gasteiger partial charge is 0.310 e. The van der Waals surface area contributed by atoms with Gasteiger partial charge in [-0.25, -0.2) is 0 Å². The van der Waals surface area contributed by atoms with Gasteiger partial charge >= 0.3 is 0 Å². The quantitative estimate of drug-likeness (QED) is 0.161. The van der Waals surface area contributed by atoms with Gasteiger partial charge in [-0.2, -0.15) is 0 Å². The van der Waals surface area contributed by atoms with Gasteiger partial charge < -0.3 is 4.90 Å². The van der Waals surface area contributed by atoms with Gasteiger partial charge in [0.25, 0.3) is 0 Å². The van der Waals surface area contributed by atoms with Crippen LogP contribution in [-0.2, 0) is 16.2 Å². The van der Waals surface area contributed by atoms with Crippen LogP contribution in [0.2, 0.25) is 0 Å². The Hall–Kier alpha value is -7.22. The first-order chi connectivity index (χ1) is 31.0. The Bertz CT molecular complexity index is 3330. The van der Waals surface area contributed by atoms with E-state index in [4.69, 9.17) is 0 Å². The first-order valence-electron chi connectivity index (χ1n) is 22.8. The Balaban J connectivity index is 0.955. The lowest BCUT2D eigenvalue weighted by atomic mass is 9.79. The fourth-order valence-corrected chi connectivity index (χ4v) is 11.6. The van der Waals surface area contributed by atoms with Crippen LogP contribution in [0.4, 0.5) is 17.1 Å². The van der Waals surface area contributed by atoms with Crippen molar-refractivity contribution in [3.63, 3.8) is 0 Å². The first-order valence-corrected chi connectivity index (χ1v) is 22.8. The van der Waals surface area contributed by atoms with Crippen LogP contribution in [0.3, 0.4) is 0 Å². The molecule has 1 heteroatoms. The molecule has 0 aliphatic heterocycles. The molecule has 0 atom stereocenters. The smallest absolute Gasteiger partial charge is 0.0467 e. The van der Waals surface area contributed by atoms with Crippen LogP contribution in [0, 0.1) is 0 Å². The van der Waals surface area contributed by atoms with Gasteiger partial charge in [-0.3, -0.25) is 0 Å². The van der Waals surface area contributed by atoms with Crippen LogP contribution in [-0.4, -0.2) is 0 Å². The lowest BCUT2D eigenvalue weighted by Gasteiger charge is -2.28. The number of anilines is 3. The second-order valence-corrected chi connectivity index (χ2v) is 19.7. The number of benzene rings is 9. The fourth-order valence-electron chi connectivity index (χ4n) is 11.6. The third-order valence-electron chi connectivity index (χ3n) is 15.1. The summed E-state index contributed by atoms with van der Waals surface area (Å²) in [6, 6.07) is 74.9. The molecular weight excluding hydrogens is 771 g/mol. The topological polar surface area (TPSA) is 3.24 Å². The number of hydrogen-bond acceptors (Lipinski definition) is 1. The van der Waals surface area contributed by atoms with E-state index in [1.165, 1.54) is 100 Å². The van der Waals surface area contributed by atoms with Crippen molar-refractivity contribution in [2.24, 2.45) is 0 Å². The summed E-state index contributed by atoms with van der Waals surface area (Å²) in [4.78, 5) is 2.44. The molecule has 9 aromatic rings. The van der Waals surface area contributed by atoms with Crippen molar-refractivity contribution >= 4 is 17.1 Å². The van der Waals surface area contributed by atoms with Crippen molar-refractivity contribution in [3.05, 3.63) is 234 Å². The summed E-state index contributed by atoms with van der Waals surface area (Å²) >= 11 is 0. The maximum absolute atomic E-state index is 2.54. The van der Waals surface area contributed by atoms with E-state index in [0.29, 0.717) is 0 Å². The highest BCUT2D eigenvalue weighted by Crippen LogP contribution is 2.58. The lowest BCUT2D eigenvalue weighted by Crippen LogP contribution is -2.17. The Morgan fingerprint density at radius 3 is 1.48 bits per heavy atom. The molecule has 3 aliphatic carbocycles. The molecule has 1 nitrogen and oxygen atoms in total. The van der Waals surface area contributed by atoms with Crippen LogP contribution in [0.5, 0.6) is 0 Å². The summed E-state index contributed by atoms with van der Waals surface area (Å²) in [5.74, 6) is 0. The summed E-state index contributed by atoms with van der Waals surface area (Å²) in [6.07, 6.45) is 0. The molecule has 3 aliphatic rings. The van der Waals surface area contributed by atoms with Gasteiger partial charge in [0.1, 0.15) is 0 Å². The lowest BCUT2D eigenvalue weighted by molar-refractivity contribution is 0.652. The third-order valence-corrected chi connectivity index (χ3v) is 15.1. The van der Waals surface area contributed by atoms with Gasteiger partial charge in [0.2, 0.25) is 0 Å². The van der Waals surface area contributed by atoms with Crippen LogP contribution in [0.1, 0.15) is 74.9 Å². The zero-order chi connectivity index (χ0) is 43.5. The van der Waals surface area contributed by atoms with Crippen molar-refractivity contribution in [3.8, 4) is 66.8 Å². The molecule has 64 heavy (non-hydrogen) atoms. The molecule has 12 rings (SSSR count). The summed E-state index contributed by atoms with van der Waals surface area (Å²) in [7, 11) is 0. The molecule has 0 heterocycles. The minimum atomic E-state index is -0.177. The minimum Gasteiger partial charge on any atom is -0.310 e. The summed E-state index contributed by atoms with van der Waals surface area (Å²) < 4.78 is 0. The highest BCUT2D eigenvalue weighted by atomic mass is 15.1. The van der Waals surface area contributed by atoms with E-state index in [0.717, 1.165) is 17.1 Å². The molecule has 0 N–H and O–H groups in total. The van der Waals surface area contributed by atoms with Crippen LogP contribution in [0.15, 0.2) is 200 Å². The predicted octanol–water partition coefficient (Wildman–Crippen LogP) is 17.1. The minimum absolute atomic E-state index is 0.106. The van der Waals surface area contributed by atoms with Gasteiger partial charge in [-0.05, 0) is 155 Å². The van der Waals surface area contributed by atoms with Crippen molar-refractivity contribution < 1.29 is 0 Å². The van der Waals surface area contributed by atoms with E-state index in [2.05, 4.69) is 247 Å². The molecule has 0 amide bonds. The Morgan fingerprint density at radius 1 is 0.250 bits per heavy atom. The molecule has 0 bridgehead atoms. The van der Waals surface area contributed by atoms with Gasteiger partial charge in [-0.15, -0.1) is 0 Å². The average Bonchev–Trinajstić information content (AvgIpc) is 3.81. The molecule has 0 fully saturated rings. The number of nitrogens with zero attached hydrogens (tertiary/aromatic N) is 1. The highest BCUT2D eigenvalue weighted by Gasteiger charge is 2.43. The molecule has 0 spiro atoms. The maximum Gasteiger partial charge on any atom is 0.0467 e. The van der Waals surface area contributed by atoms with Gasteiger partial charge in [0.15, 0.2) is 0 Å². The van der Waals surface area contributed by atoms with Crippen molar-refractivity contribution in [2.45, 2.75) is 57.8 Å². The van der Waals surface area contributed by atoms with E-state index in [1.807, 2.05) is 0 Å². The Morgan fingerprint density at radius 2 is 0.703 bits per heavy atom. The molecule has 0 unspecified atom stereocenters. The van der Waals surface area contributed by atoms with Crippen molar-refractivity contribution in [1.29, 1.82) is 0 Å². The highest BCUT2D eigenvalue weighted by molar-refractivity contribution is 5.96. The zero-order valence-corrected chi connectivity index (χ0v) is 37.5. The molecule has 0 aromatic heterocycles. The summed E-state index contributed by atoms with van der Waals surface area (Å²) in [6.45, 7) is 14.4. The monoisotopic (exact) mass is 821 g/mol. The number of rotatable bonds is 6. The molecule has 308 valence electrons. The van der Waals surface area contributed by atoms with Crippen LogP contribution in [0.25, 0.3) is 66.8 Å². The van der Waals surface area contributed by atoms with Gasteiger partial charge in [-0.1, -0.05) is 187 Å². The molecular formula is C63H51N. The van der Waals surface area contributed by atoms with Crippen LogP contribution < -0.4 is 4.90 Å². The second kappa shape index (κ2) is 13.9. The molecule has 0 radical (unpaired) electrons. The van der Waals surface area contributed by atoms with E-state index in [1.54, 1.807) is 0 Å². The standard InChI is InChI=1S/C63H51N/c1-61(2)54-25-14-13-23-49(54)50-34-32-47(37-57(50)61)64(45-30-27-41(28-31-45)40-17-9-7-10-18-40)46-22-15-21-43(35-46)44-29-33-51-52-38-59-53(39-58(52)63(5,6)56(51)36-44)60-48(42-19-11-8-12-20-42)24-16-26-55(60)62(59,3)4/h7-39H,1-6H3. The Labute approximate surface area is 378 Å². The van der Waals surface area contributed by atoms with E-state index in [9.17, 15) is 0 Å². The number of hydrogen-bond donors (Lipinski definition) is 0. The average molecular weight is 822 g/mol. The predicted molar refractivity (Wildman–Crippen MR) is 270 cm³/mol. The normalized spacial score (nSPS) is 15.1. The second-order valence-electron chi connectivity index (χ2n) is 19.7. The Kier molecular flexibility index (Phi) is 8.35. The molecule has 9 aromatic carbocycles. The van der Waals surface area contributed by atoms with Crippen molar-refractivity contribution in [1.82, 2.24) is 0 Å².